The summed E-state index contributed by atoms with van der Waals surface area (Å²) in [7, 11) is 0. The van der Waals surface area contributed by atoms with Crippen molar-refractivity contribution in [1.82, 2.24) is 4.90 Å². The molecule has 3 nitrogen and oxygen atoms in total. The molecule has 0 aromatic carbocycles. The van der Waals surface area contributed by atoms with E-state index in [9.17, 15) is 5.11 Å². The molecule has 3 heteroatoms. The predicted octanol–water partition coefficient (Wildman–Crippen LogP) is 1.79. The van der Waals surface area contributed by atoms with Crippen molar-refractivity contribution >= 4 is 0 Å². The van der Waals surface area contributed by atoms with Crippen molar-refractivity contribution in [3.8, 4) is 0 Å². The molecule has 1 aliphatic heterocycles. The van der Waals surface area contributed by atoms with Gasteiger partial charge in [0.15, 0.2) is 0 Å². The van der Waals surface area contributed by atoms with Crippen molar-refractivity contribution in [2.24, 2.45) is 0 Å². The van der Waals surface area contributed by atoms with Crippen LogP contribution in [-0.4, -0.2) is 48.0 Å². The Kier molecular flexibility index (Phi) is 4.62. The second-order valence-electron chi connectivity index (χ2n) is 5.11. The van der Waals surface area contributed by atoms with Gasteiger partial charge in [-0.3, -0.25) is 4.90 Å². The second kappa shape index (κ2) is 5.99. The van der Waals surface area contributed by atoms with Crippen LogP contribution in [0.4, 0.5) is 0 Å². The van der Waals surface area contributed by atoms with Crippen LogP contribution in [-0.2, 0) is 4.74 Å². The molecular weight excluding hydrogens is 202 g/mol. The zero-order valence-electron chi connectivity index (χ0n) is 10.4. The maximum absolute atomic E-state index is 10.0. The van der Waals surface area contributed by atoms with Crippen molar-refractivity contribution in [2.75, 3.05) is 19.7 Å². The lowest BCUT2D eigenvalue weighted by atomic mass is 9.90. The molecule has 0 amide bonds. The number of aliphatic hydroxyl groups excluding tert-OH is 1. The minimum atomic E-state index is -0.0857. The molecule has 0 spiro atoms. The number of hydrogen-bond donors (Lipinski definition) is 1. The zero-order valence-corrected chi connectivity index (χ0v) is 10.4. The van der Waals surface area contributed by atoms with Gasteiger partial charge in [0.05, 0.1) is 12.2 Å². The Morgan fingerprint density at radius 2 is 1.81 bits per heavy atom. The normalized spacial score (nSPS) is 34.1. The highest BCUT2D eigenvalue weighted by molar-refractivity contribution is 4.86. The van der Waals surface area contributed by atoms with Gasteiger partial charge in [0.25, 0.3) is 0 Å². The fraction of sp³-hybridized carbons (Fsp3) is 1.00. The number of nitrogens with zero attached hydrogens (tertiary/aromatic N) is 1. The first kappa shape index (κ1) is 12.3. The van der Waals surface area contributed by atoms with Crippen LogP contribution in [0.2, 0.25) is 0 Å². The van der Waals surface area contributed by atoms with Gasteiger partial charge in [-0.2, -0.15) is 0 Å². The van der Waals surface area contributed by atoms with E-state index in [0.29, 0.717) is 12.1 Å². The summed E-state index contributed by atoms with van der Waals surface area (Å²) < 4.78 is 5.66. The molecule has 2 atom stereocenters. The van der Waals surface area contributed by atoms with Gasteiger partial charge in [-0.05, 0) is 32.6 Å². The first-order chi connectivity index (χ1) is 7.81. The molecule has 2 rings (SSSR count). The van der Waals surface area contributed by atoms with Crippen molar-refractivity contribution in [2.45, 2.75) is 63.7 Å². The summed E-state index contributed by atoms with van der Waals surface area (Å²) in [5.41, 5.74) is 0. The maximum Gasteiger partial charge on any atom is 0.0695 e. The highest BCUT2D eigenvalue weighted by Gasteiger charge is 2.31. The SMILES string of the molecule is CCOC1CCN([C@H]2CCCC[C@@H]2O)CC1. The van der Waals surface area contributed by atoms with Gasteiger partial charge in [-0.25, -0.2) is 0 Å². The average molecular weight is 227 g/mol. The van der Waals surface area contributed by atoms with Crippen molar-refractivity contribution in [3.63, 3.8) is 0 Å². The van der Waals surface area contributed by atoms with Gasteiger partial charge in [0, 0.05) is 25.7 Å². The predicted molar refractivity (Wildman–Crippen MR) is 64.5 cm³/mol. The minimum absolute atomic E-state index is 0.0857. The monoisotopic (exact) mass is 227 g/mol. The molecule has 1 aliphatic carbocycles. The van der Waals surface area contributed by atoms with Gasteiger partial charge < -0.3 is 9.84 Å². The van der Waals surface area contributed by atoms with Gasteiger partial charge in [0.2, 0.25) is 0 Å². The smallest absolute Gasteiger partial charge is 0.0695 e. The van der Waals surface area contributed by atoms with Crippen LogP contribution < -0.4 is 0 Å². The third-order valence-corrected chi connectivity index (χ3v) is 4.04. The van der Waals surface area contributed by atoms with Crippen LogP contribution in [0.15, 0.2) is 0 Å². The molecule has 0 unspecified atom stereocenters. The van der Waals surface area contributed by atoms with Gasteiger partial charge in [0.1, 0.15) is 0 Å². The fourth-order valence-corrected chi connectivity index (χ4v) is 3.13. The van der Waals surface area contributed by atoms with Crippen molar-refractivity contribution in [3.05, 3.63) is 0 Å². The van der Waals surface area contributed by atoms with E-state index in [0.717, 1.165) is 39.0 Å². The molecule has 0 bridgehead atoms. The number of rotatable bonds is 3. The zero-order chi connectivity index (χ0) is 11.4. The highest BCUT2D eigenvalue weighted by atomic mass is 16.5. The Morgan fingerprint density at radius 3 is 2.44 bits per heavy atom. The molecule has 1 saturated carbocycles. The molecule has 1 heterocycles. The van der Waals surface area contributed by atoms with E-state index in [1.165, 1.54) is 19.3 Å². The lowest BCUT2D eigenvalue weighted by Crippen LogP contribution is -2.49. The summed E-state index contributed by atoms with van der Waals surface area (Å²) in [4.78, 5) is 2.49. The third kappa shape index (κ3) is 2.96. The quantitative estimate of drug-likeness (QED) is 0.798. The van der Waals surface area contributed by atoms with Crippen molar-refractivity contribution in [1.29, 1.82) is 0 Å². The number of aliphatic hydroxyl groups is 1. The molecule has 94 valence electrons. The highest BCUT2D eigenvalue weighted by Crippen LogP contribution is 2.26. The van der Waals surface area contributed by atoms with Crippen molar-refractivity contribution < 1.29 is 9.84 Å². The Hall–Kier alpha value is -0.120. The lowest BCUT2D eigenvalue weighted by molar-refractivity contribution is -0.0315. The van der Waals surface area contributed by atoms with Gasteiger partial charge in [-0.1, -0.05) is 12.8 Å². The van der Waals surface area contributed by atoms with E-state index in [-0.39, 0.29) is 6.10 Å². The van der Waals surface area contributed by atoms with E-state index in [1.54, 1.807) is 0 Å². The lowest BCUT2D eigenvalue weighted by Gasteiger charge is -2.41. The van der Waals surface area contributed by atoms with Crippen LogP contribution >= 0.6 is 0 Å². The maximum atomic E-state index is 10.0. The van der Waals surface area contributed by atoms with Crippen LogP contribution in [0.3, 0.4) is 0 Å². The topological polar surface area (TPSA) is 32.7 Å². The van der Waals surface area contributed by atoms with Crippen LogP contribution in [0.5, 0.6) is 0 Å². The Bertz CT molecular complexity index is 202. The van der Waals surface area contributed by atoms with Crippen LogP contribution in [0.25, 0.3) is 0 Å². The summed E-state index contributed by atoms with van der Waals surface area (Å²) >= 11 is 0. The van der Waals surface area contributed by atoms with E-state index < -0.39 is 0 Å². The summed E-state index contributed by atoms with van der Waals surface area (Å²) in [5.74, 6) is 0. The second-order valence-corrected chi connectivity index (χ2v) is 5.11. The first-order valence-corrected chi connectivity index (χ1v) is 6.85. The third-order valence-electron chi connectivity index (χ3n) is 4.04. The number of piperidine rings is 1. The number of ether oxygens (including phenoxy) is 1. The van der Waals surface area contributed by atoms with Gasteiger partial charge >= 0.3 is 0 Å². The number of likely N-dealkylation sites (tertiary alicyclic amines) is 1. The van der Waals surface area contributed by atoms with E-state index in [2.05, 4.69) is 11.8 Å². The summed E-state index contributed by atoms with van der Waals surface area (Å²) in [6.45, 7) is 5.10. The molecule has 1 N–H and O–H groups in total. The average Bonchev–Trinajstić information content (AvgIpc) is 2.31. The molecular formula is C13H25NO2. The summed E-state index contributed by atoms with van der Waals surface area (Å²) in [5, 5.41) is 10.0. The molecule has 2 fully saturated rings. The Labute approximate surface area is 98.8 Å². The molecule has 0 aromatic rings. The molecule has 2 aliphatic rings. The summed E-state index contributed by atoms with van der Waals surface area (Å²) in [6.07, 6.45) is 7.31. The molecule has 0 aromatic heterocycles. The summed E-state index contributed by atoms with van der Waals surface area (Å²) in [6, 6.07) is 0.427. The molecule has 1 saturated heterocycles. The van der Waals surface area contributed by atoms with Crippen LogP contribution in [0.1, 0.15) is 45.4 Å². The molecule has 0 radical (unpaired) electrons. The minimum Gasteiger partial charge on any atom is -0.391 e. The van der Waals surface area contributed by atoms with E-state index in [4.69, 9.17) is 4.74 Å². The Morgan fingerprint density at radius 1 is 1.12 bits per heavy atom. The Balaban J connectivity index is 1.79. The van der Waals surface area contributed by atoms with E-state index >= 15 is 0 Å². The van der Waals surface area contributed by atoms with Crippen LogP contribution in [0, 0.1) is 0 Å². The van der Waals surface area contributed by atoms with Gasteiger partial charge in [-0.15, -0.1) is 0 Å². The molecule has 16 heavy (non-hydrogen) atoms. The first-order valence-electron chi connectivity index (χ1n) is 6.85. The fourth-order valence-electron chi connectivity index (χ4n) is 3.13. The number of hydrogen-bond acceptors (Lipinski definition) is 3. The largest absolute Gasteiger partial charge is 0.391 e. The standard InChI is InChI=1S/C13H25NO2/c1-2-16-11-7-9-14(10-8-11)12-5-3-4-6-13(12)15/h11-13,15H,2-10H2,1H3/t12-,13-/m0/s1. The van der Waals surface area contributed by atoms with E-state index in [1.807, 2.05) is 0 Å².